The van der Waals surface area contributed by atoms with E-state index < -0.39 is 0 Å². The maximum atomic E-state index is 12.9. The van der Waals surface area contributed by atoms with Crippen molar-refractivity contribution < 1.29 is 14.3 Å². The lowest BCUT2D eigenvalue weighted by atomic mass is 10.1. The fourth-order valence-electron chi connectivity index (χ4n) is 1.65. The molecule has 1 unspecified atom stereocenters. The maximum absolute atomic E-state index is 12.9. The molecule has 3 nitrogen and oxygen atoms in total. The van der Waals surface area contributed by atoms with E-state index in [4.69, 9.17) is 5.11 Å². The zero-order valence-corrected chi connectivity index (χ0v) is 9.95. The summed E-state index contributed by atoms with van der Waals surface area (Å²) < 4.78 is 12.9. The van der Waals surface area contributed by atoms with Gasteiger partial charge in [0, 0.05) is 12.6 Å². The van der Waals surface area contributed by atoms with Crippen LogP contribution < -0.4 is 5.32 Å². The number of rotatable bonds is 6. The SMILES string of the molecule is CCC(CCO)NC(=O)Cc1cccc(F)c1. The molecule has 2 N–H and O–H groups in total. The maximum Gasteiger partial charge on any atom is 0.224 e. The monoisotopic (exact) mass is 239 g/mol. The second-order valence-electron chi connectivity index (χ2n) is 3.99. The molecule has 94 valence electrons. The molecular formula is C13H18FNO2. The number of amides is 1. The molecule has 0 radical (unpaired) electrons. The number of hydrogen-bond donors (Lipinski definition) is 2. The number of benzene rings is 1. The molecule has 0 aliphatic heterocycles. The van der Waals surface area contributed by atoms with E-state index in [1.165, 1.54) is 12.1 Å². The molecule has 1 atom stereocenters. The number of aliphatic hydroxyl groups is 1. The van der Waals surface area contributed by atoms with Gasteiger partial charge in [-0.25, -0.2) is 4.39 Å². The van der Waals surface area contributed by atoms with Crippen LogP contribution in [0.2, 0.25) is 0 Å². The van der Waals surface area contributed by atoms with Crippen LogP contribution in [0.3, 0.4) is 0 Å². The third kappa shape index (κ3) is 4.95. The van der Waals surface area contributed by atoms with Crippen molar-refractivity contribution >= 4 is 5.91 Å². The minimum atomic E-state index is -0.335. The van der Waals surface area contributed by atoms with Gasteiger partial charge in [0.15, 0.2) is 0 Å². The number of nitrogens with one attached hydrogen (secondary N) is 1. The second-order valence-corrected chi connectivity index (χ2v) is 3.99. The first-order valence-electron chi connectivity index (χ1n) is 5.80. The molecule has 1 rings (SSSR count). The first-order chi connectivity index (χ1) is 8.15. The Bertz CT molecular complexity index is 368. The van der Waals surface area contributed by atoms with Crippen LogP contribution in [0.4, 0.5) is 4.39 Å². The van der Waals surface area contributed by atoms with Gasteiger partial charge in [-0.2, -0.15) is 0 Å². The number of carbonyl (C=O) groups is 1. The van der Waals surface area contributed by atoms with Crippen LogP contribution in [0.5, 0.6) is 0 Å². The van der Waals surface area contributed by atoms with Crippen molar-refractivity contribution in [1.82, 2.24) is 5.32 Å². The van der Waals surface area contributed by atoms with Gasteiger partial charge in [0.2, 0.25) is 5.91 Å². The molecule has 0 saturated heterocycles. The van der Waals surface area contributed by atoms with Gasteiger partial charge in [-0.05, 0) is 30.5 Å². The van der Waals surface area contributed by atoms with Crippen LogP contribution >= 0.6 is 0 Å². The molecule has 0 spiro atoms. The number of carbonyl (C=O) groups excluding carboxylic acids is 1. The quantitative estimate of drug-likeness (QED) is 0.793. The lowest BCUT2D eigenvalue weighted by Gasteiger charge is -2.15. The molecule has 1 aromatic carbocycles. The number of halogens is 1. The van der Waals surface area contributed by atoms with E-state index in [2.05, 4.69) is 5.32 Å². The summed E-state index contributed by atoms with van der Waals surface area (Å²) in [5.41, 5.74) is 0.654. The van der Waals surface area contributed by atoms with E-state index in [1.807, 2.05) is 6.92 Å². The lowest BCUT2D eigenvalue weighted by Crippen LogP contribution is -2.36. The molecule has 0 fully saturated rings. The topological polar surface area (TPSA) is 49.3 Å². The summed E-state index contributed by atoms with van der Waals surface area (Å²) in [5.74, 6) is -0.478. The molecule has 4 heteroatoms. The molecule has 17 heavy (non-hydrogen) atoms. The van der Waals surface area contributed by atoms with Gasteiger partial charge in [0.25, 0.3) is 0 Å². The predicted molar refractivity (Wildman–Crippen MR) is 64.0 cm³/mol. The summed E-state index contributed by atoms with van der Waals surface area (Å²) in [6.07, 6.45) is 1.49. The minimum Gasteiger partial charge on any atom is -0.396 e. The Morgan fingerprint density at radius 1 is 1.53 bits per heavy atom. The summed E-state index contributed by atoms with van der Waals surface area (Å²) in [4.78, 5) is 11.7. The van der Waals surface area contributed by atoms with Crippen LogP contribution in [0.1, 0.15) is 25.3 Å². The Labute approximate surface area is 101 Å². The van der Waals surface area contributed by atoms with Gasteiger partial charge in [-0.3, -0.25) is 4.79 Å². The normalized spacial score (nSPS) is 12.2. The highest BCUT2D eigenvalue weighted by Crippen LogP contribution is 2.05. The van der Waals surface area contributed by atoms with Crippen molar-refractivity contribution in [2.24, 2.45) is 0 Å². The summed E-state index contributed by atoms with van der Waals surface area (Å²) in [5, 5.41) is 11.6. The molecule has 0 saturated carbocycles. The Kier molecular flexibility index (Phi) is 5.63. The third-order valence-corrected chi connectivity index (χ3v) is 2.59. The molecule has 0 aliphatic rings. The Balaban J connectivity index is 2.49. The lowest BCUT2D eigenvalue weighted by molar-refractivity contribution is -0.121. The average molecular weight is 239 g/mol. The molecule has 0 bridgehead atoms. The average Bonchev–Trinajstić information content (AvgIpc) is 2.28. The standard InChI is InChI=1S/C13H18FNO2/c1-2-12(6-7-16)15-13(17)9-10-4-3-5-11(14)8-10/h3-5,8,12,16H,2,6-7,9H2,1H3,(H,15,17). The first-order valence-corrected chi connectivity index (χ1v) is 5.80. The van der Waals surface area contributed by atoms with Crippen LogP contribution in [0.15, 0.2) is 24.3 Å². The minimum absolute atomic E-state index is 0.0129. The van der Waals surface area contributed by atoms with Crippen molar-refractivity contribution in [3.05, 3.63) is 35.6 Å². The van der Waals surface area contributed by atoms with Crippen LogP contribution in [0.25, 0.3) is 0 Å². The molecule has 0 heterocycles. The van der Waals surface area contributed by atoms with Crippen molar-refractivity contribution in [2.75, 3.05) is 6.61 Å². The van der Waals surface area contributed by atoms with E-state index in [9.17, 15) is 9.18 Å². The van der Waals surface area contributed by atoms with E-state index in [-0.39, 0.29) is 30.8 Å². The highest BCUT2D eigenvalue weighted by atomic mass is 19.1. The highest BCUT2D eigenvalue weighted by molar-refractivity contribution is 5.78. The third-order valence-electron chi connectivity index (χ3n) is 2.59. The van der Waals surface area contributed by atoms with Crippen LogP contribution in [0, 0.1) is 5.82 Å². The van der Waals surface area contributed by atoms with Crippen molar-refractivity contribution in [2.45, 2.75) is 32.2 Å². The Hall–Kier alpha value is -1.42. The van der Waals surface area contributed by atoms with Crippen LogP contribution in [-0.4, -0.2) is 23.7 Å². The number of aliphatic hydroxyl groups excluding tert-OH is 1. The Morgan fingerprint density at radius 2 is 2.29 bits per heavy atom. The molecule has 1 amide bonds. The first kappa shape index (κ1) is 13.6. The van der Waals surface area contributed by atoms with Crippen molar-refractivity contribution in [1.29, 1.82) is 0 Å². The van der Waals surface area contributed by atoms with Crippen molar-refractivity contribution in [3.63, 3.8) is 0 Å². The number of hydrogen-bond acceptors (Lipinski definition) is 2. The van der Waals surface area contributed by atoms with E-state index in [0.29, 0.717) is 12.0 Å². The zero-order valence-electron chi connectivity index (χ0n) is 9.95. The summed E-state index contributed by atoms with van der Waals surface area (Å²) >= 11 is 0. The van der Waals surface area contributed by atoms with E-state index in [0.717, 1.165) is 6.42 Å². The second kappa shape index (κ2) is 7.01. The van der Waals surface area contributed by atoms with Crippen molar-refractivity contribution in [3.8, 4) is 0 Å². The van der Waals surface area contributed by atoms with Gasteiger partial charge in [0.05, 0.1) is 6.42 Å². The fourth-order valence-corrected chi connectivity index (χ4v) is 1.65. The molecule has 0 aliphatic carbocycles. The van der Waals surface area contributed by atoms with Gasteiger partial charge < -0.3 is 10.4 Å². The van der Waals surface area contributed by atoms with Gasteiger partial charge >= 0.3 is 0 Å². The largest absolute Gasteiger partial charge is 0.396 e. The van der Waals surface area contributed by atoms with E-state index >= 15 is 0 Å². The molecular weight excluding hydrogens is 221 g/mol. The van der Waals surface area contributed by atoms with Gasteiger partial charge in [-0.1, -0.05) is 19.1 Å². The smallest absolute Gasteiger partial charge is 0.224 e. The predicted octanol–water partition coefficient (Wildman–Crippen LogP) is 1.65. The summed E-state index contributed by atoms with van der Waals surface area (Å²) in [7, 11) is 0. The van der Waals surface area contributed by atoms with Crippen LogP contribution in [-0.2, 0) is 11.2 Å². The Morgan fingerprint density at radius 3 is 2.88 bits per heavy atom. The summed E-state index contributed by atoms with van der Waals surface area (Å²) in [6, 6.07) is 5.99. The highest BCUT2D eigenvalue weighted by Gasteiger charge is 2.10. The molecule has 0 aromatic heterocycles. The zero-order chi connectivity index (χ0) is 12.7. The fraction of sp³-hybridized carbons (Fsp3) is 0.462. The molecule has 1 aromatic rings. The van der Waals surface area contributed by atoms with Gasteiger partial charge in [-0.15, -0.1) is 0 Å². The summed E-state index contributed by atoms with van der Waals surface area (Å²) in [6.45, 7) is 2.00. The van der Waals surface area contributed by atoms with Gasteiger partial charge in [0.1, 0.15) is 5.82 Å². The van der Waals surface area contributed by atoms with E-state index in [1.54, 1.807) is 12.1 Å².